The SMILES string of the molecule is CC(C)(C)O.CCC(C)C.CCCC.CCc1cc2c(-c3cc(F)c4c(c3C)CCCO4)c(CC(=O)O)c(C)nc2n1C. The molecule has 1 aromatic carbocycles. The van der Waals surface area contributed by atoms with Gasteiger partial charge in [0.1, 0.15) is 5.65 Å². The summed E-state index contributed by atoms with van der Waals surface area (Å²) in [5.74, 6) is -0.103. The average molecular weight is 601 g/mol. The molecule has 0 spiro atoms. The number of ether oxygens (including phenoxy) is 1. The number of fused-ring (bicyclic) bond motifs is 2. The van der Waals surface area contributed by atoms with Crippen LogP contribution in [0.2, 0.25) is 0 Å². The van der Waals surface area contributed by atoms with Crippen LogP contribution in [0, 0.1) is 25.6 Å². The first-order chi connectivity index (χ1) is 20.0. The maximum Gasteiger partial charge on any atom is 0.307 e. The first-order valence-corrected chi connectivity index (χ1v) is 15.9. The Kier molecular flexibility index (Phi) is 15.4. The van der Waals surface area contributed by atoms with Gasteiger partial charge in [-0.2, -0.15) is 0 Å². The Morgan fingerprint density at radius 2 is 1.67 bits per heavy atom. The Bertz CT molecular complexity index is 1330. The molecule has 7 heteroatoms. The first kappa shape index (κ1) is 38.1. The molecule has 0 aliphatic carbocycles. The zero-order chi connectivity index (χ0) is 33.1. The number of carboxylic acid groups (broad SMARTS) is 1. The monoisotopic (exact) mass is 600 g/mol. The van der Waals surface area contributed by atoms with Crippen LogP contribution in [-0.2, 0) is 31.1 Å². The molecule has 4 rings (SSSR count). The molecule has 2 aromatic heterocycles. The third kappa shape index (κ3) is 11.3. The van der Waals surface area contributed by atoms with Gasteiger partial charge in [-0.3, -0.25) is 4.79 Å². The molecule has 0 atom stereocenters. The van der Waals surface area contributed by atoms with E-state index < -0.39 is 17.4 Å². The van der Waals surface area contributed by atoms with E-state index in [0.717, 1.165) is 64.2 Å². The second kappa shape index (κ2) is 17.4. The highest BCUT2D eigenvalue weighted by molar-refractivity contribution is 5.98. The lowest BCUT2D eigenvalue weighted by molar-refractivity contribution is -0.136. The fourth-order valence-electron chi connectivity index (χ4n) is 4.47. The van der Waals surface area contributed by atoms with Crippen molar-refractivity contribution >= 4 is 17.0 Å². The molecule has 0 saturated heterocycles. The smallest absolute Gasteiger partial charge is 0.307 e. The molecule has 0 saturated carbocycles. The molecule has 0 unspecified atom stereocenters. The van der Waals surface area contributed by atoms with E-state index in [1.807, 2.05) is 25.5 Å². The van der Waals surface area contributed by atoms with Crippen molar-refractivity contribution in [2.75, 3.05) is 6.61 Å². The molecular formula is C36H57FN2O4. The van der Waals surface area contributed by atoms with Gasteiger partial charge in [-0.1, -0.05) is 60.8 Å². The highest BCUT2D eigenvalue weighted by Crippen LogP contribution is 2.42. The number of nitrogens with zero attached hydrogens (tertiary/aromatic N) is 2. The molecule has 1 aliphatic heterocycles. The van der Waals surface area contributed by atoms with Gasteiger partial charge >= 0.3 is 5.97 Å². The number of hydrogen-bond acceptors (Lipinski definition) is 4. The van der Waals surface area contributed by atoms with Crippen LogP contribution in [0.1, 0.15) is 116 Å². The number of rotatable bonds is 6. The molecule has 3 aromatic rings. The fraction of sp³-hybridized carbons (Fsp3) is 0.611. The third-order valence-corrected chi connectivity index (χ3v) is 7.29. The minimum Gasteiger partial charge on any atom is -0.490 e. The van der Waals surface area contributed by atoms with E-state index in [4.69, 9.17) is 14.8 Å². The number of carbonyl (C=O) groups is 1. The molecular weight excluding hydrogens is 543 g/mol. The van der Waals surface area contributed by atoms with Crippen molar-refractivity contribution in [1.29, 1.82) is 0 Å². The summed E-state index contributed by atoms with van der Waals surface area (Å²) >= 11 is 0. The van der Waals surface area contributed by atoms with Gasteiger partial charge in [0, 0.05) is 29.4 Å². The van der Waals surface area contributed by atoms with Gasteiger partial charge in [-0.05, 0) is 94.2 Å². The Balaban J connectivity index is 0.000000553. The van der Waals surface area contributed by atoms with Crippen LogP contribution in [0.4, 0.5) is 4.39 Å². The number of carboxylic acids is 1. The molecule has 1 aliphatic rings. The number of pyridine rings is 1. The zero-order valence-electron chi connectivity index (χ0n) is 28.9. The number of aliphatic hydroxyl groups is 1. The van der Waals surface area contributed by atoms with E-state index in [0.29, 0.717) is 23.6 Å². The van der Waals surface area contributed by atoms with E-state index in [1.165, 1.54) is 25.3 Å². The number of hydrogen-bond donors (Lipinski definition) is 2. The normalized spacial score (nSPS) is 12.3. The Hall–Kier alpha value is -2.93. The Morgan fingerprint density at radius 3 is 2.14 bits per heavy atom. The summed E-state index contributed by atoms with van der Waals surface area (Å²) in [6, 6.07) is 3.55. The highest BCUT2D eigenvalue weighted by atomic mass is 19.1. The lowest BCUT2D eigenvalue weighted by Gasteiger charge is -2.23. The van der Waals surface area contributed by atoms with Crippen LogP contribution in [0.5, 0.6) is 5.75 Å². The Labute approximate surface area is 259 Å². The lowest BCUT2D eigenvalue weighted by atomic mass is 9.87. The summed E-state index contributed by atoms with van der Waals surface area (Å²) in [6.07, 6.45) is 6.21. The van der Waals surface area contributed by atoms with Crippen molar-refractivity contribution < 1.29 is 24.1 Å². The molecule has 0 fully saturated rings. The second-order valence-electron chi connectivity index (χ2n) is 12.7. The minimum absolute atomic E-state index is 0.158. The van der Waals surface area contributed by atoms with Crippen molar-refractivity contribution in [1.82, 2.24) is 9.55 Å². The van der Waals surface area contributed by atoms with Crippen LogP contribution in [-0.4, -0.2) is 37.9 Å². The average Bonchev–Trinajstić information content (AvgIpc) is 3.25. The van der Waals surface area contributed by atoms with Gasteiger partial charge in [0.25, 0.3) is 0 Å². The molecule has 0 radical (unpaired) electrons. The van der Waals surface area contributed by atoms with Crippen molar-refractivity contribution in [2.24, 2.45) is 13.0 Å². The van der Waals surface area contributed by atoms with Gasteiger partial charge in [0.05, 0.1) is 18.6 Å². The first-order valence-electron chi connectivity index (χ1n) is 15.9. The number of aliphatic carboxylic acids is 1. The van der Waals surface area contributed by atoms with E-state index in [2.05, 4.69) is 47.6 Å². The number of unbranched alkanes of at least 4 members (excludes halogenated alkanes) is 1. The summed E-state index contributed by atoms with van der Waals surface area (Å²) in [5, 5.41) is 18.9. The molecule has 0 bridgehead atoms. The van der Waals surface area contributed by atoms with Crippen molar-refractivity contribution in [3.05, 3.63) is 46.0 Å². The van der Waals surface area contributed by atoms with Gasteiger partial charge in [-0.15, -0.1) is 0 Å². The van der Waals surface area contributed by atoms with Gasteiger partial charge < -0.3 is 19.5 Å². The maximum absolute atomic E-state index is 15.0. The van der Waals surface area contributed by atoms with Crippen LogP contribution in [0.25, 0.3) is 22.2 Å². The summed E-state index contributed by atoms with van der Waals surface area (Å²) in [4.78, 5) is 16.3. The summed E-state index contributed by atoms with van der Waals surface area (Å²) in [6.45, 7) is 22.6. The fourth-order valence-corrected chi connectivity index (χ4v) is 4.47. The number of aryl methyl sites for hydroxylation is 3. The van der Waals surface area contributed by atoms with Gasteiger partial charge in [-0.25, -0.2) is 9.37 Å². The third-order valence-electron chi connectivity index (χ3n) is 7.29. The molecule has 43 heavy (non-hydrogen) atoms. The second-order valence-corrected chi connectivity index (χ2v) is 12.7. The van der Waals surface area contributed by atoms with E-state index >= 15 is 0 Å². The number of halogens is 1. The zero-order valence-corrected chi connectivity index (χ0v) is 28.9. The Morgan fingerprint density at radius 1 is 1.12 bits per heavy atom. The van der Waals surface area contributed by atoms with E-state index in [9.17, 15) is 14.3 Å². The summed E-state index contributed by atoms with van der Waals surface area (Å²) in [5.41, 5.74) is 6.01. The molecule has 6 nitrogen and oxygen atoms in total. The van der Waals surface area contributed by atoms with Crippen molar-refractivity contribution in [3.8, 4) is 16.9 Å². The van der Waals surface area contributed by atoms with Crippen LogP contribution >= 0.6 is 0 Å². The number of benzene rings is 1. The van der Waals surface area contributed by atoms with Gasteiger partial charge in [0.2, 0.25) is 0 Å². The van der Waals surface area contributed by atoms with Gasteiger partial charge in [0.15, 0.2) is 11.6 Å². The van der Waals surface area contributed by atoms with Crippen LogP contribution in [0.3, 0.4) is 0 Å². The van der Waals surface area contributed by atoms with Crippen molar-refractivity contribution in [2.45, 2.75) is 127 Å². The lowest BCUT2D eigenvalue weighted by Crippen LogP contribution is -2.13. The quantitative estimate of drug-likeness (QED) is 0.295. The van der Waals surface area contributed by atoms with Crippen molar-refractivity contribution in [3.63, 3.8) is 0 Å². The number of aromatic nitrogens is 2. The molecule has 242 valence electrons. The van der Waals surface area contributed by atoms with E-state index in [1.54, 1.807) is 20.8 Å². The molecule has 0 amide bonds. The molecule has 2 N–H and O–H groups in total. The predicted molar refractivity (Wildman–Crippen MR) is 178 cm³/mol. The predicted octanol–water partition coefficient (Wildman–Crippen LogP) is 9.15. The topological polar surface area (TPSA) is 84.6 Å². The summed E-state index contributed by atoms with van der Waals surface area (Å²) < 4.78 is 22.6. The van der Waals surface area contributed by atoms with Crippen LogP contribution in [0.15, 0.2) is 12.1 Å². The largest absolute Gasteiger partial charge is 0.490 e. The standard InChI is InChI=1S/C23H25FN2O3.C5H12.C4H10O.C4H10/c1-5-14-9-18-21(17(11-20(27)28)13(3)25-23(18)26(14)4)16-10-19(24)22-15(12(16)2)7-6-8-29-22;1-4-5(2)3;1-4(2,3)5;1-3-4-2/h9-10H,5-8,11H2,1-4H3,(H,27,28);5H,4H2,1-3H3;5H,1-3H3;3-4H2,1-2H3. The minimum atomic E-state index is -0.929. The summed E-state index contributed by atoms with van der Waals surface area (Å²) in [7, 11) is 1.96. The highest BCUT2D eigenvalue weighted by Gasteiger charge is 2.26. The van der Waals surface area contributed by atoms with Crippen LogP contribution < -0.4 is 4.74 Å². The van der Waals surface area contributed by atoms with E-state index in [-0.39, 0.29) is 6.42 Å². The maximum atomic E-state index is 15.0. The molecule has 3 heterocycles.